The molecule has 0 aromatic heterocycles. The van der Waals surface area contributed by atoms with Crippen LogP contribution < -0.4 is 10.6 Å². The summed E-state index contributed by atoms with van der Waals surface area (Å²) in [7, 11) is 0. The van der Waals surface area contributed by atoms with Crippen molar-refractivity contribution in [1.82, 2.24) is 10.6 Å². The van der Waals surface area contributed by atoms with Crippen LogP contribution in [0.1, 0.15) is 27.2 Å². The molecule has 28 heavy (non-hydrogen) atoms. The topological polar surface area (TPSA) is 142 Å². The van der Waals surface area contributed by atoms with E-state index in [1.165, 1.54) is 0 Å². The van der Waals surface area contributed by atoms with Gasteiger partial charge in [-0.1, -0.05) is 0 Å². The summed E-state index contributed by atoms with van der Waals surface area (Å²) in [6, 6.07) is 0. The Balaban J connectivity index is 3.50. The third-order valence-corrected chi connectivity index (χ3v) is 2.82. The molecule has 0 radical (unpaired) electrons. The number of rotatable bonds is 16. The lowest BCUT2D eigenvalue weighted by atomic mass is 10.2. The van der Waals surface area contributed by atoms with Gasteiger partial charge in [-0.2, -0.15) is 0 Å². The Kier molecular flexibility index (Phi) is 15.2. The van der Waals surface area contributed by atoms with Crippen molar-refractivity contribution in [3.63, 3.8) is 0 Å². The zero-order valence-electron chi connectivity index (χ0n) is 16.8. The van der Waals surface area contributed by atoms with Crippen molar-refractivity contribution in [2.45, 2.75) is 32.8 Å². The minimum absolute atomic E-state index is 0.112. The highest BCUT2D eigenvalue weighted by atomic mass is 17.1. The second-order valence-corrected chi connectivity index (χ2v) is 6.59. The van der Waals surface area contributed by atoms with Crippen LogP contribution >= 0.6 is 0 Å². The third kappa shape index (κ3) is 19.0. The first-order valence-corrected chi connectivity index (χ1v) is 8.99. The predicted octanol–water partition coefficient (Wildman–Crippen LogP) is 0.126. The minimum Gasteiger partial charge on any atom is -0.444 e. The van der Waals surface area contributed by atoms with Gasteiger partial charge in [-0.15, -0.1) is 0 Å². The molecule has 11 nitrogen and oxygen atoms in total. The van der Waals surface area contributed by atoms with E-state index in [0.29, 0.717) is 26.4 Å². The Morgan fingerprint density at radius 1 is 0.821 bits per heavy atom. The van der Waals surface area contributed by atoms with E-state index in [4.69, 9.17) is 24.2 Å². The lowest BCUT2D eigenvalue weighted by Crippen LogP contribution is -2.37. The van der Waals surface area contributed by atoms with Gasteiger partial charge in [-0.25, -0.2) is 9.68 Å². The number of amides is 2. The standard InChI is InChI=1S/C17H32N2O9/c1-17(2,3)28-16(22)19-13-14(20)12-15(21)18-4-5-24-6-7-25-8-9-26-10-11-27-23/h23H,4-13H2,1-3H3,(H,18,21)(H,19,22). The summed E-state index contributed by atoms with van der Waals surface area (Å²) < 4.78 is 20.6. The molecule has 3 N–H and O–H groups in total. The van der Waals surface area contributed by atoms with E-state index >= 15 is 0 Å². The van der Waals surface area contributed by atoms with E-state index in [2.05, 4.69) is 15.5 Å². The van der Waals surface area contributed by atoms with Crippen LogP contribution in [0.25, 0.3) is 0 Å². The first-order chi connectivity index (χ1) is 13.2. The summed E-state index contributed by atoms with van der Waals surface area (Å²) in [5.74, 6) is -0.870. The first-order valence-electron chi connectivity index (χ1n) is 8.99. The van der Waals surface area contributed by atoms with Crippen LogP contribution in [0, 0.1) is 0 Å². The zero-order valence-corrected chi connectivity index (χ0v) is 16.8. The molecule has 0 atom stereocenters. The fraction of sp³-hybridized carbons (Fsp3) is 0.824. The van der Waals surface area contributed by atoms with Gasteiger partial charge in [0.25, 0.3) is 0 Å². The monoisotopic (exact) mass is 408 g/mol. The molecule has 0 saturated carbocycles. The quantitative estimate of drug-likeness (QED) is 0.141. The number of hydrogen-bond acceptors (Lipinski definition) is 9. The van der Waals surface area contributed by atoms with E-state index in [1.807, 2.05) is 0 Å². The molecule has 0 heterocycles. The average molecular weight is 408 g/mol. The first kappa shape index (κ1) is 26.2. The van der Waals surface area contributed by atoms with E-state index < -0.39 is 23.4 Å². The van der Waals surface area contributed by atoms with Crippen LogP contribution in [0.5, 0.6) is 0 Å². The molecule has 0 aliphatic carbocycles. The summed E-state index contributed by atoms with van der Waals surface area (Å²) in [6.07, 6.45) is -1.04. The van der Waals surface area contributed by atoms with Crippen LogP contribution in [0.4, 0.5) is 4.79 Å². The van der Waals surface area contributed by atoms with Gasteiger partial charge in [0, 0.05) is 6.54 Å². The normalized spacial score (nSPS) is 11.1. The average Bonchev–Trinajstić information content (AvgIpc) is 2.59. The summed E-state index contributed by atoms with van der Waals surface area (Å²) in [5.41, 5.74) is -0.654. The number of ether oxygens (including phenoxy) is 4. The van der Waals surface area contributed by atoms with Gasteiger partial charge in [0.15, 0.2) is 5.78 Å². The summed E-state index contributed by atoms with van der Waals surface area (Å²) in [6.45, 7) is 7.31. The molecule has 164 valence electrons. The van der Waals surface area contributed by atoms with Gasteiger partial charge in [0.05, 0.1) is 52.6 Å². The Labute approximate surface area is 164 Å². The molecule has 0 bridgehead atoms. The van der Waals surface area contributed by atoms with E-state index in [9.17, 15) is 14.4 Å². The van der Waals surface area contributed by atoms with Crippen molar-refractivity contribution in [2.75, 3.05) is 59.3 Å². The SMILES string of the molecule is CC(C)(C)OC(=O)NCC(=O)CC(=O)NCCOCCOCCOCCOO. The van der Waals surface area contributed by atoms with Gasteiger partial charge in [0.1, 0.15) is 12.2 Å². The Morgan fingerprint density at radius 3 is 1.89 bits per heavy atom. The van der Waals surface area contributed by atoms with Crippen LogP contribution in [0.2, 0.25) is 0 Å². The molecule has 0 unspecified atom stereocenters. The van der Waals surface area contributed by atoms with E-state index in [-0.39, 0.29) is 39.3 Å². The Bertz CT molecular complexity index is 452. The fourth-order valence-electron chi connectivity index (χ4n) is 1.69. The number of nitrogens with one attached hydrogen (secondary N) is 2. The number of carbonyl (C=O) groups excluding carboxylic acids is 3. The Morgan fingerprint density at radius 2 is 1.36 bits per heavy atom. The highest BCUT2D eigenvalue weighted by Gasteiger charge is 2.17. The lowest BCUT2D eigenvalue weighted by Gasteiger charge is -2.19. The largest absolute Gasteiger partial charge is 0.444 e. The highest BCUT2D eigenvalue weighted by molar-refractivity contribution is 5.99. The van der Waals surface area contributed by atoms with Crippen LogP contribution in [-0.4, -0.2) is 88.0 Å². The van der Waals surface area contributed by atoms with Gasteiger partial charge in [-0.3, -0.25) is 14.8 Å². The van der Waals surface area contributed by atoms with E-state index in [1.54, 1.807) is 20.8 Å². The summed E-state index contributed by atoms with van der Waals surface area (Å²) in [4.78, 5) is 38.5. The molecule has 0 saturated heterocycles. The molecule has 0 aromatic rings. The molecule has 0 aliphatic rings. The molecule has 0 rings (SSSR count). The van der Waals surface area contributed by atoms with Crippen molar-refractivity contribution in [2.24, 2.45) is 0 Å². The van der Waals surface area contributed by atoms with Crippen molar-refractivity contribution >= 4 is 17.8 Å². The molecular weight excluding hydrogens is 376 g/mol. The van der Waals surface area contributed by atoms with Crippen LogP contribution in [0.15, 0.2) is 0 Å². The molecule has 0 aliphatic heterocycles. The summed E-state index contributed by atoms with van der Waals surface area (Å²) >= 11 is 0. The van der Waals surface area contributed by atoms with Gasteiger partial charge >= 0.3 is 6.09 Å². The number of ketones is 1. The molecule has 11 heteroatoms. The number of hydrogen-bond donors (Lipinski definition) is 3. The maximum Gasteiger partial charge on any atom is 0.408 e. The van der Waals surface area contributed by atoms with Crippen molar-refractivity contribution in [1.29, 1.82) is 0 Å². The van der Waals surface area contributed by atoms with Crippen molar-refractivity contribution in [3.05, 3.63) is 0 Å². The zero-order chi connectivity index (χ0) is 21.3. The van der Waals surface area contributed by atoms with Crippen molar-refractivity contribution in [3.8, 4) is 0 Å². The van der Waals surface area contributed by atoms with Crippen LogP contribution in [-0.2, 0) is 33.4 Å². The molecule has 0 spiro atoms. The van der Waals surface area contributed by atoms with E-state index in [0.717, 1.165) is 0 Å². The maximum absolute atomic E-state index is 11.6. The summed E-state index contributed by atoms with van der Waals surface area (Å²) in [5, 5.41) is 12.9. The third-order valence-electron chi connectivity index (χ3n) is 2.82. The number of Topliss-reactive ketones (excluding diaryl/α,β-unsaturated/α-hetero) is 1. The Hall–Kier alpha value is -1.79. The van der Waals surface area contributed by atoms with Crippen LogP contribution in [0.3, 0.4) is 0 Å². The number of carbonyl (C=O) groups is 3. The molecular formula is C17H32N2O9. The number of alkyl carbamates (subject to hydrolysis) is 1. The lowest BCUT2D eigenvalue weighted by molar-refractivity contribution is -0.249. The highest BCUT2D eigenvalue weighted by Crippen LogP contribution is 2.06. The smallest absolute Gasteiger partial charge is 0.408 e. The maximum atomic E-state index is 11.6. The fourth-order valence-corrected chi connectivity index (χ4v) is 1.69. The van der Waals surface area contributed by atoms with Gasteiger partial charge in [-0.05, 0) is 20.8 Å². The second-order valence-electron chi connectivity index (χ2n) is 6.59. The molecule has 0 fully saturated rings. The minimum atomic E-state index is -0.706. The second kappa shape index (κ2) is 16.2. The predicted molar refractivity (Wildman–Crippen MR) is 97.9 cm³/mol. The van der Waals surface area contributed by atoms with Crippen molar-refractivity contribution < 1.29 is 43.5 Å². The van der Waals surface area contributed by atoms with Gasteiger partial charge in [0.2, 0.25) is 5.91 Å². The molecule has 0 aromatic carbocycles. The molecule has 2 amide bonds. The van der Waals surface area contributed by atoms with Gasteiger partial charge < -0.3 is 29.6 Å².